The quantitative estimate of drug-likeness (QED) is 0.370. The van der Waals surface area contributed by atoms with Gasteiger partial charge in [0, 0.05) is 12.2 Å². The van der Waals surface area contributed by atoms with Crippen molar-refractivity contribution in [2.24, 2.45) is 0 Å². The van der Waals surface area contributed by atoms with Crippen LogP contribution in [0.2, 0.25) is 0 Å². The molecule has 0 bridgehead atoms. The summed E-state index contributed by atoms with van der Waals surface area (Å²) >= 11 is 0. The molecular weight excluding hydrogens is 216 g/mol. The summed E-state index contributed by atoms with van der Waals surface area (Å²) in [6.45, 7) is 0.606. The molecule has 2 aromatic rings. The average molecular weight is 230 g/mol. The van der Waals surface area contributed by atoms with Crippen molar-refractivity contribution in [3.8, 4) is 11.5 Å². The zero-order valence-electron chi connectivity index (χ0n) is 9.22. The Balaban J connectivity index is 2.02. The van der Waals surface area contributed by atoms with E-state index in [9.17, 15) is 5.11 Å². The van der Waals surface area contributed by atoms with Crippen LogP contribution in [0, 0.1) is 0 Å². The summed E-state index contributed by atoms with van der Waals surface area (Å²) in [6, 6.07) is 11.9. The van der Waals surface area contributed by atoms with Gasteiger partial charge >= 0.3 is 0 Å². The molecule has 0 atom stereocenters. The second kappa shape index (κ2) is 4.65. The molecule has 0 fully saturated rings. The highest BCUT2D eigenvalue weighted by molar-refractivity contribution is 5.54. The average Bonchev–Trinajstić information content (AvgIpc) is 2.33. The van der Waals surface area contributed by atoms with E-state index in [1.165, 1.54) is 0 Å². The molecule has 0 unspecified atom stereocenters. The highest BCUT2D eigenvalue weighted by Crippen LogP contribution is 2.21. The smallest absolute Gasteiger partial charge is 0.138 e. The normalized spacial score (nSPS) is 10.1. The van der Waals surface area contributed by atoms with Gasteiger partial charge in [0.1, 0.15) is 11.5 Å². The van der Waals surface area contributed by atoms with Crippen molar-refractivity contribution >= 4 is 11.4 Å². The summed E-state index contributed by atoms with van der Waals surface area (Å²) in [7, 11) is 0. The van der Waals surface area contributed by atoms with Gasteiger partial charge in [0.25, 0.3) is 0 Å². The molecule has 0 aliphatic rings. The Labute approximate surface area is 99.3 Å². The van der Waals surface area contributed by atoms with Gasteiger partial charge < -0.3 is 21.3 Å². The Hall–Kier alpha value is -2.36. The first-order valence-electron chi connectivity index (χ1n) is 5.25. The monoisotopic (exact) mass is 230 g/mol. The lowest BCUT2D eigenvalue weighted by molar-refractivity contribution is 0.475. The van der Waals surface area contributed by atoms with Crippen LogP contribution < -0.4 is 11.1 Å². The van der Waals surface area contributed by atoms with Gasteiger partial charge in [-0.05, 0) is 42.0 Å². The maximum Gasteiger partial charge on any atom is 0.138 e. The van der Waals surface area contributed by atoms with E-state index >= 15 is 0 Å². The maximum absolute atomic E-state index is 9.29. The van der Waals surface area contributed by atoms with Crippen molar-refractivity contribution in [2.75, 3.05) is 11.1 Å². The summed E-state index contributed by atoms with van der Waals surface area (Å²) in [4.78, 5) is 0. The Bertz CT molecular complexity index is 509. The Kier molecular flexibility index (Phi) is 3.05. The number of hydrogen-bond donors (Lipinski definition) is 4. The molecule has 4 nitrogen and oxygen atoms in total. The van der Waals surface area contributed by atoms with E-state index in [4.69, 9.17) is 10.8 Å². The van der Waals surface area contributed by atoms with Crippen LogP contribution in [0.15, 0.2) is 42.5 Å². The van der Waals surface area contributed by atoms with Crippen LogP contribution in [-0.4, -0.2) is 10.2 Å². The molecular formula is C13H14N2O2. The minimum absolute atomic E-state index is 0.0957. The highest BCUT2D eigenvalue weighted by atomic mass is 16.3. The van der Waals surface area contributed by atoms with Crippen molar-refractivity contribution in [3.05, 3.63) is 48.0 Å². The van der Waals surface area contributed by atoms with Crippen molar-refractivity contribution < 1.29 is 10.2 Å². The minimum Gasteiger partial charge on any atom is -0.508 e. The van der Waals surface area contributed by atoms with Crippen LogP contribution in [-0.2, 0) is 6.54 Å². The number of phenolic OH excluding ortho intramolecular Hbond substituents is 2. The van der Waals surface area contributed by atoms with E-state index in [0.29, 0.717) is 12.2 Å². The van der Waals surface area contributed by atoms with Crippen molar-refractivity contribution in [1.29, 1.82) is 0 Å². The Morgan fingerprint density at radius 3 is 2.35 bits per heavy atom. The first kappa shape index (κ1) is 11.1. The van der Waals surface area contributed by atoms with Crippen molar-refractivity contribution in [2.45, 2.75) is 6.54 Å². The van der Waals surface area contributed by atoms with Crippen molar-refractivity contribution in [3.63, 3.8) is 0 Å². The number of hydrogen-bond acceptors (Lipinski definition) is 4. The highest BCUT2D eigenvalue weighted by Gasteiger charge is 1.99. The lowest BCUT2D eigenvalue weighted by Crippen LogP contribution is -1.99. The number of anilines is 2. The third kappa shape index (κ3) is 2.81. The second-order valence-electron chi connectivity index (χ2n) is 3.79. The molecule has 4 heteroatoms. The third-order valence-electron chi connectivity index (χ3n) is 2.46. The van der Waals surface area contributed by atoms with Crippen LogP contribution in [0.4, 0.5) is 11.4 Å². The van der Waals surface area contributed by atoms with E-state index in [1.807, 2.05) is 0 Å². The van der Waals surface area contributed by atoms with Gasteiger partial charge in [0.15, 0.2) is 0 Å². The van der Waals surface area contributed by atoms with Gasteiger partial charge in [-0.15, -0.1) is 0 Å². The molecule has 0 radical (unpaired) electrons. The Morgan fingerprint density at radius 1 is 1.00 bits per heavy atom. The molecule has 0 heterocycles. The summed E-state index contributed by atoms with van der Waals surface area (Å²) < 4.78 is 0. The molecule has 88 valence electrons. The maximum atomic E-state index is 9.29. The number of nitrogens with two attached hydrogens (primary N) is 1. The number of nitrogens with one attached hydrogen (secondary N) is 1. The minimum atomic E-state index is 0.0957. The molecule has 2 rings (SSSR count). The molecule has 0 saturated heterocycles. The molecule has 5 N–H and O–H groups in total. The zero-order valence-corrected chi connectivity index (χ0v) is 9.22. The fourth-order valence-electron chi connectivity index (χ4n) is 1.50. The van der Waals surface area contributed by atoms with Crippen LogP contribution in [0.3, 0.4) is 0 Å². The Morgan fingerprint density at radius 2 is 1.71 bits per heavy atom. The second-order valence-corrected chi connectivity index (χ2v) is 3.79. The van der Waals surface area contributed by atoms with Gasteiger partial charge in [-0.2, -0.15) is 0 Å². The number of nitrogen functional groups attached to an aromatic ring is 1. The third-order valence-corrected chi connectivity index (χ3v) is 2.46. The number of phenols is 2. The molecule has 0 aliphatic carbocycles. The van der Waals surface area contributed by atoms with Gasteiger partial charge in [0.05, 0.1) is 5.69 Å². The van der Waals surface area contributed by atoms with Gasteiger partial charge in [-0.25, -0.2) is 0 Å². The molecule has 0 amide bonds. The molecule has 2 aromatic carbocycles. The van der Waals surface area contributed by atoms with Crippen LogP contribution >= 0.6 is 0 Å². The van der Waals surface area contributed by atoms with Gasteiger partial charge in [0.2, 0.25) is 0 Å². The topological polar surface area (TPSA) is 78.5 Å². The van der Waals surface area contributed by atoms with Crippen LogP contribution in [0.25, 0.3) is 0 Å². The fraction of sp³-hybridized carbons (Fsp3) is 0.0769. The first-order valence-corrected chi connectivity index (χ1v) is 5.25. The van der Waals surface area contributed by atoms with E-state index < -0.39 is 0 Å². The van der Waals surface area contributed by atoms with Gasteiger partial charge in [-0.3, -0.25) is 0 Å². The first-order chi connectivity index (χ1) is 8.15. The van der Waals surface area contributed by atoms with E-state index in [0.717, 1.165) is 11.3 Å². The lowest BCUT2D eigenvalue weighted by atomic mass is 10.2. The number of rotatable bonds is 3. The van der Waals surface area contributed by atoms with E-state index in [2.05, 4.69) is 5.32 Å². The van der Waals surface area contributed by atoms with Gasteiger partial charge in [-0.1, -0.05) is 6.07 Å². The molecule has 0 spiro atoms. The van der Waals surface area contributed by atoms with E-state index in [1.54, 1.807) is 42.5 Å². The molecule has 0 aromatic heterocycles. The zero-order chi connectivity index (χ0) is 12.3. The largest absolute Gasteiger partial charge is 0.508 e. The molecule has 0 aliphatic heterocycles. The SMILES string of the molecule is Nc1cc(CNc2ccc(O)cc2)ccc1O. The molecule has 0 saturated carbocycles. The summed E-state index contributed by atoms with van der Waals surface area (Å²) in [5.41, 5.74) is 7.86. The summed E-state index contributed by atoms with van der Waals surface area (Å²) in [5.74, 6) is 0.336. The number of benzene rings is 2. The summed E-state index contributed by atoms with van der Waals surface area (Å²) in [5, 5.41) is 21.6. The number of aromatic hydroxyl groups is 2. The van der Waals surface area contributed by atoms with Crippen molar-refractivity contribution in [1.82, 2.24) is 0 Å². The standard InChI is InChI=1S/C13H14N2O2/c14-12-7-9(1-6-13(12)17)8-15-10-2-4-11(16)5-3-10/h1-7,15-17H,8,14H2. The fourth-order valence-corrected chi connectivity index (χ4v) is 1.50. The molecule has 17 heavy (non-hydrogen) atoms. The predicted molar refractivity (Wildman–Crippen MR) is 68.0 cm³/mol. The van der Waals surface area contributed by atoms with E-state index in [-0.39, 0.29) is 11.5 Å². The predicted octanol–water partition coefficient (Wildman–Crippen LogP) is 2.29. The lowest BCUT2D eigenvalue weighted by Gasteiger charge is -2.08. The summed E-state index contributed by atoms with van der Waals surface area (Å²) in [6.07, 6.45) is 0. The van der Waals surface area contributed by atoms with Crippen LogP contribution in [0.5, 0.6) is 11.5 Å². The van der Waals surface area contributed by atoms with Crippen LogP contribution in [0.1, 0.15) is 5.56 Å².